The number of alkyl halides is 4. The minimum atomic E-state index is -4.43. The van der Waals surface area contributed by atoms with Gasteiger partial charge in [0.05, 0.1) is 51.2 Å². The molecule has 1 saturated carbocycles. The van der Waals surface area contributed by atoms with Crippen molar-refractivity contribution in [3.63, 3.8) is 0 Å². The second-order valence-corrected chi connectivity index (χ2v) is 16.2. The fraction of sp³-hybridized carbons (Fsp3) is 0.500. The van der Waals surface area contributed by atoms with E-state index in [0.717, 1.165) is 50.7 Å². The summed E-state index contributed by atoms with van der Waals surface area (Å²) in [5.41, 5.74) is 2.04. The van der Waals surface area contributed by atoms with E-state index in [1.807, 2.05) is 6.07 Å². The predicted octanol–water partition coefficient (Wildman–Crippen LogP) is 6.04. The van der Waals surface area contributed by atoms with Crippen molar-refractivity contribution < 1.29 is 31.1 Å². The Hall–Kier alpha value is -2.67. The number of nitrogens with one attached hydrogen (secondary N) is 2. The lowest BCUT2D eigenvalue weighted by Crippen LogP contribution is -2.60. The molecule has 4 aliphatic rings. The first-order valence-electron chi connectivity index (χ1n) is 15.0. The number of morpholine rings is 1. The summed E-state index contributed by atoms with van der Waals surface area (Å²) in [7, 11) is -1.99. The number of nitrogens with zero attached hydrogens (tertiary/aromatic N) is 2. The molecular weight excluding hydrogens is 720 g/mol. The van der Waals surface area contributed by atoms with Crippen molar-refractivity contribution in [1.82, 2.24) is 9.47 Å². The van der Waals surface area contributed by atoms with E-state index >= 15 is 0 Å². The Bertz CT molecular complexity index is 1730. The number of rotatable bonds is 8. The Balaban J connectivity index is 1.19. The van der Waals surface area contributed by atoms with Crippen molar-refractivity contribution >= 4 is 54.7 Å². The smallest absolute Gasteiger partial charge is 0.406 e. The zero-order valence-electron chi connectivity index (χ0n) is 25.1. The molecule has 8 nitrogen and oxygen atoms in total. The summed E-state index contributed by atoms with van der Waals surface area (Å²) in [6.45, 7) is 0.973. The first-order chi connectivity index (χ1) is 21.3. The molecule has 2 bridgehead atoms. The van der Waals surface area contributed by atoms with E-state index in [4.69, 9.17) is 9.47 Å². The number of ether oxygens (including phenoxy) is 2. The summed E-state index contributed by atoms with van der Waals surface area (Å²) < 4.78 is 77.1. The molecule has 2 unspecified atom stereocenters. The molecule has 3 aliphatic heterocycles. The van der Waals surface area contributed by atoms with Crippen LogP contribution < -0.4 is 15.4 Å². The number of anilines is 2. The summed E-state index contributed by atoms with van der Waals surface area (Å²) in [5.74, 6) is 6.18. The topological polar surface area (TPSA) is 84.8 Å². The molecule has 1 aromatic heterocycles. The molecule has 45 heavy (non-hydrogen) atoms. The van der Waals surface area contributed by atoms with Crippen LogP contribution in [-0.2, 0) is 21.1 Å². The standard InChI is InChI=1S/C32H36F3IN4O4S/c1-43-30-17-25(45(2,41)42)8-9-28(30)37-14-4-5-22-15-26-27(6-3-7-29(26)40(22)20-32(33,34)35)38-31(36)12-10-21(11-13-31)39-18-23-16-24(19-39)44-23/h3,6-9,15,17,21,23-24,37-38H,10-14,16,18-20H2,1-2H3. The van der Waals surface area contributed by atoms with E-state index in [9.17, 15) is 21.6 Å². The van der Waals surface area contributed by atoms with Crippen molar-refractivity contribution in [1.29, 1.82) is 0 Å². The zero-order chi connectivity index (χ0) is 32.0. The average molecular weight is 757 g/mol. The van der Waals surface area contributed by atoms with Crippen LogP contribution in [0.3, 0.4) is 0 Å². The Kier molecular flexibility index (Phi) is 8.97. The van der Waals surface area contributed by atoms with Crippen LogP contribution in [0, 0.1) is 11.8 Å². The van der Waals surface area contributed by atoms with E-state index in [-0.39, 0.29) is 20.7 Å². The van der Waals surface area contributed by atoms with Crippen molar-refractivity contribution in [2.24, 2.45) is 0 Å². The summed E-state index contributed by atoms with van der Waals surface area (Å²) in [4.78, 5) is 2.70. The third kappa shape index (κ3) is 7.34. The molecule has 1 aliphatic carbocycles. The highest BCUT2D eigenvalue weighted by atomic mass is 127. The molecule has 0 spiro atoms. The zero-order valence-corrected chi connectivity index (χ0v) is 28.1. The maximum Gasteiger partial charge on any atom is 0.406 e. The highest BCUT2D eigenvalue weighted by Crippen LogP contribution is 2.42. The van der Waals surface area contributed by atoms with Gasteiger partial charge in [-0.2, -0.15) is 13.2 Å². The summed E-state index contributed by atoms with van der Waals surface area (Å²) in [6, 6.07) is 12.1. The third-order valence-electron chi connectivity index (χ3n) is 8.88. The quantitative estimate of drug-likeness (QED) is 0.126. The van der Waals surface area contributed by atoms with Crippen LogP contribution in [0.15, 0.2) is 47.4 Å². The van der Waals surface area contributed by atoms with Gasteiger partial charge in [-0.15, -0.1) is 0 Å². The summed E-state index contributed by atoms with van der Waals surface area (Å²) in [6.07, 6.45) is 2.67. The van der Waals surface area contributed by atoms with Crippen LogP contribution in [0.4, 0.5) is 24.5 Å². The molecule has 4 heterocycles. The lowest BCUT2D eigenvalue weighted by molar-refractivity contribution is -0.189. The highest BCUT2D eigenvalue weighted by Gasteiger charge is 2.43. The molecule has 13 heteroatoms. The number of benzene rings is 2. The van der Waals surface area contributed by atoms with E-state index in [0.29, 0.717) is 40.6 Å². The maximum atomic E-state index is 13.7. The molecule has 7 rings (SSSR count). The fourth-order valence-corrected chi connectivity index (χ4v) is 8.20. The van der Waals surface area contributed by atoms with Crippen LogP contribution in [0.1, 0.15) is 37.8 Å². The molecule has 2 N–H and O–H groups in total. The number of aromatic nitrogens is 1. The summed E-state index contributed by atoms with van der Waals surface area (Å²) in [5, 5.41) is 7.46. The van der Waals surface area contributed by atoms with Crippen molar-refractivity contribution in [2.75, 3.05) is 43.6 Å². The number of sulfone groups is 1. The Morgan fingerprint density at radius 2 is 1.82 bits per heavy atom. The molecular formula is C32H36F3IN4O4S. The third-order valence-corrected chi connectivity index (χ3v) is 11.3. The second kappa shape index (κ2) is 12.5. The first-order valence-corrected chi connectivity index (χ1v) is 17.9. The molecule has 3 aromatic rings. The minimum absolute atomic E-state index is 0.107. The SMILES string of the molecule is COc1cc(S(C)(=O)=O)ccc1NCC#Cc1cc2c(NC3(I)CCC(N4CC5CC(C4)O5)CC3)cccc2n1CC(F)(F)F. The van der Waals surface area contributed by atoms with Crippen LogP contribution in [0.25, 0.3) is 10.9 Å². The van der Waals surface area contributed by atoms with Crippen molar-refractivity contribution in [3.8, 4) is 17.6 Å². The van der Waals surface area contributed by atoms with E-state index < -0.39 is 22.6 Å². The number of fused-ring (bicyclic) bond motifs is 3. The van der Waals surface area contributed by atoms with Crippen LogP contribution in [0.2, 0.25) is 0 Å². The van der Waals surface area contributed by atoms with E-state index in [1.165, 1.54) is 30.2 Å². The van der Waals surface area contributed by atoms with Crippen molar-refractivity contribution in [2.45, 2.75) is 71.5 Å². The fourth-order valence-electron chi connectivity index (χ4n) is 6.65. The maximum absolute atomic E-state index is 13.7. The Morgan fingerprint density at radius 1 is 1.11 bits per heavy atom. The lowest BCUT2D eigenvalue weighted by Gasteiger charge is -2.51. The molecule has 242 valence electrons. The van der Waals surface area contributed by atoms with Crippen LogP contribution >= 0.6 is 22.6 Å². The molecule has 0 amide bonds. The summed E-state index contributed by atoms with van der Waals surface area (Å²) >= 11 is 2.48. The van der Waals surface area contributed by atoms with Crippen molar-refractivity contribution in [3.05, 3.63) is 48.2 Å². The van der Waals surface area contributed by atoms with Gasteiger partial charge in [-0.25, -0.2) is 8.42 Å². The number of halogens is 4. The molecule has 0 radical (unpaired) electrons. The predicted molar refractivity (Wildman–Crippen MR) is 177 cm³/mol. The second-order valence-electron chi connectivity index (χ2n) is 12.2. The molecule has 4 fully saturated rings. The van der Waals surface area contributed by atoms with Gasteiger partial charge in [0.25, 0.3) is 0 Å². The highest BCUT2D eigenvalue weighted by molar-refractivity contribution is 14.1. The van der Waals surface area contributed by atoms with Gasteiger partial charge in [-0.05, 0) is 61.9 Å². The van der Waals surface area contributed by atoms with Crippen LogP contribution in [-0.4, -0.2) is 78.9 Å². The molecule has 2 atom stereocenters. The molecule has 2 aromatic carbocycles. The van der Waals surface area contributed by atoms with Gasteiger partial charge < -0.3 is 24.7 Å². The number of hydrogen-bond acceptors (Lipinski definition) is 7. The lowest BCUT2D eigenvalue weighted by atomic mass is 9.87. The Labute approximate surface area is 275 Å². The average Bonchev–Trinajstić information content (AvgIpc) is 3.31. The number of piperidine rings is 1. The van der Waals surface area contributed by atoms with Gasteiger partial charge in [-0.3, -0.25) is 4.90 Å². The normalized spacial score (nSPS) is 25.2. The van der Waals surface area contributed by atoms with Gasteiger partial charge in [0.1, 0.15) is 12.3 Å². The number of methoxy groups -OCH3 is 1. The van der Waals surface area contributed by atoms with Gasteiger partial charge >= 0.3 is 6.18 Å². The largest absolute Gasteiger partial charge is 0.495 e. The Morgan fingerprint density at radius 3 is 2.47 bits per heavy atom. The minimum Gasteiger partial charge on any atom is -0.495 e. The van der Waals surface area contributed by atoms with Gasteiger partial charge in [0.15, 0.2) is 9.84 Å². The van der Waals surface area contributed by atoms with E-state index in [1.54, 1.807) is 24.3 Å². The first kappa shape index (κ1) is 32.3. The van der Waals surface area contributed by atoms with Gasteiger partial charge in [0.2, 0.25) is 0 Å². The molecule has 3 saturated heterocycles. The monoisotopic (exact) mass is 756 g/mol. The van der Waals surface area contributed by atoms with E-state index in [2.05, 4.69) is 50.0 Å². The van der Waals surface area contributed by atoms with Gasteiger partial charge in [-0.1, -0.05) is 34.6 Å². The van der Waals surface area contributed by atoms with Gasteiger partial charge in [0, 0.05) is 48.9 Å². The van der Waals surface area contributed by atoms with Crippen LogP contribution in [0.5, 0.6) is 5.75 Å². The number of hydrogen-bond donors (Lipinski definition) is 2.